The third-order valence-electron chi connectivity index (χ3n) is 2.70. The number of carbonyl (C=O) groups is 1. The van der Waals surface area contributed by atoms with Gasteiger partial charge in [0.15, 0.2) is 0 Å². The van der Waals surface area contributed by atoms with Crippen LogP contribution < -0.4 is 0 Å². The molecular weight excluding hydrogens is 180 g/mol. The first-order valence-corrected chi connectivity index (χ1v) is 4.62. The molecule has 1 aromatic rings. The van der Waals surface area contributed by atoms with Gasteiger partial charge < -0.3 is 4.90 Å². The number of hydrogen-bond acceptors (Lipinski definition) is 3. The van der Waals surface area contributed by atoms with Gasteiger partial charge in [0.2, 0.25) is 5.82 Å². The lowest BCUT2D eigenvalue weighted by molar-refractivity contribution is 0.0608. The molecule has 1 aromatic heterocycles. The topological polar surface area (TPSA) is 61.9 Å². The number of aromatic nitrogens is 3. The van der Waals surface area contributed by atoms with Crippen molar-refractivity contribution in [2.24, 2.45) is 0 Å². The van der Waals surface area contributed by atoms with Gasteiger partial charge in [-0.15, -0.1) is 0 Å². The smallest absolute Gasteiger partial charge is 0.291 e. The molecule has 0 radical (unpaired) electrons. The van der Waals surface area contributed by atoms with Gasteiger partial charge in [0.1, 0.15) is 6.33 Å². The SMILES string of the molecule is CCC(C)(C)N(C)C(=O)c1ncn[nH]1. The first-order chi connectivity index (χ1) is 6.49. The second-order valence-corrected chi connectivity index (χ2v) is 3.86. The van der Waals surface area contributed by atoms with Crippen molar-refractivity contribution < 1.29 is 4.79 Å². The van der Waals surface area contributed by atoms with Crippen molar-refractivity contribution in [3.05, 3.63) is 12.2 Å². The molecule has 0 saturated carbocycles. The van der Waals surface area contributed by atoms with Gasteiger partial charge in [-0.3, -0.25) is 9.89 Å². The molecule has 0 aliphatic heterocycles. The molecule has 14 heavy (non-hydrogen) atoms. The summed E-state index contributed by atoms with van der Waals surface area (Å²) >= 11 is 0. The van der Waals surface area contributed by atoms with Crippen molar-refractivity contribution in [2.75, 3.05) is 7.05 Å². The van der Waals surface area contributed by atoms with E-state index in [2.05, 4.69) is 15.2 Å². The number of rotatable bonds is 3. The van der Waals surface area contributed by atoms with Crippen LogP contribution in [0.4, 0.5) is 0 Å². The van der Waals surface area contributed by atoms with E-state index in [1.54, 1.807) is 11.9 Å². The lowest BCUT2D eigenvalue weighted by Gasteiger charge is -2.34. The first-order valence-electron chi connectivity index (χ1n) is 4.62. The van der Waals surface area contributed by atoms with E-state index in [0.717, 1.165) is 6.42 Å². The second kappa shape index (κ2) is 3.77. The van der Waals surface area contributed by atoms with Crippen LogP contribution >= 0.6 is 0 Å². The van der Waals surface area contributed by atoms with E-state index in [0.29, 0.717) is 0 Å². The summed E-state index contributed by atoms with van der Waals surface area (Å²) in [5, 5.41) is 6.21. The Balaban J connectivity index is 2.81. The summed E-state index contributed by atoms with van der Waals surface area (Å²) in [6, 6.07) is 0. The fourth-order valence-electron chi connectivity index (χ4n) is 0.979. The fraction of sp³-hybridized carbons (Fsp3) is 0.667. The van der Waals surface area contributed by atoms with E-state index in [1.807, 2.05) is 20.8 Å². The van der Waals surface area contributed by atoms with E-state index in [9.17, 15) is 4.79 Å². The molecule has 78 valence electrons. The third-order valence-corrected chi connectivity index (χ3v) is 2.70. The van der Waals surface area contributed by atoms with Crippen LogP contribution in [0.3, 0.4) is 0 Å². The summed E-state index contributed by atoms with van der Waals surface area (Å²) in [6.07, 6.45) is 2.23. The third kappa shape index (κ3) is 1.92. The summed E-state index contributed by atoms with van der Waals surface area (Å²) < 4.78 is 0. The zero-order valence-corrected chi connectivity index (χ0v) is 9.03. The maximum absolute atomic E-state index is 11.8. The highest BCUT2D eigenvalue weighted by Crippen LogP contribution is 2.17. The predicted octanol–water partition coefficient (Wildman–Crippen LogP) is 1.07. The number of hydrogen-bond donors (Lipinski definition) is 1. The largest absolute Gasteiger partial charge is 0.334 e. The van der Waals surface area contributed by atoms with Crippen molar-refractivity contribution in [2.45, 2.75) is 32.7 Å². The quantitative estimate of drug-likeness (QED) is 0.786. The van der Waals surface area contributed by atoms with Crippen molar-refractivity contribution >= 4 is 5.91 Å². The monoisotopic (exact) mass is 196 g/mol. The van der Waals surface area contributed by atoms with E-state index in [1.165, 1.54) is 6.33 Å². The molecule has 5 nitrogen and oxygen atoms in total. The molecule has 1 N–H and O–H groups in total. The highest BCUT2D eigenvalue weighted by atomic mass is 16.2. The number of H-pyrrole nitrogens is 1. The molecule has 0 bridgehead atoms. The van der Waals surface area contributed by atoms with Crippen LogP contribution in [0.25, 0.3) is 0 Å². The Hall–Kier alpha value is -1.39. The molecule has 0 aliphatic rings. The van der Waals surface area contributed by atoms with Gasteiger partial charge in [-0.1, -0.05) is 6.92 Å². The predicted molar refractivity (Wildman–Crippen MR) is 52.8 cm³/mol. The summed E-state index contributed by atoms with van der Waals surface area (Å²) in [5.74, 6) is 0.156. The number of carbonyl (C=O) groups excluding carboxylic acids is 1. The van der Waals surface area contributed by atoms with Crippen molar-refractivity contribution in [3.8, 4) is 0 Å². The zero-order valence-electron chi connectivity index (χ0n) is 9.03. The van der Waals surface area contributed by atoms with Crippen LogP contribution in [0.5, 0.6) is 0 Å². The zero-order chi connectivity index (χ0) is 10.8. The first kappa shape index (κ1) is 10.7. The lowest BCUT2D eigenvalue weighted by Crippen LogP contribution is -2.44. The number of nitrogens with one attached hydrogen (secondary N) is 1. The summed E-state index contributed by atoms with van der Waals surface area (Å²) in [5.41, 5.74) is -0.163. The minimum absolute atomic E-state index is 0.130. The van der Waals surface area contributed by atoms with E-state index < -0.39 is 0 Å². The molecule has 5 heteroatoms. The van der Waals surface area contributed by atoms with E-state index in [-0.39, 0.29) is 17.3 Å². The molecule has 1 amide bonds. The number of nitrogens with zero attached hydrogens (tertiary/aromatic N) is 3. The van der Waals surface area contributed by atoms with Crippen molar-refractivity contribution in [3.63, 3.8) is 0 Å². The molecule has 0 aromatic carbocycles. The Morgan fingerprint density at radius 2 is 2.29 bits per heavy atom. The molecule has 0 spiro atoms. The number of aromatic amines is 1. The Bertz CT molecular complexity index is 305. The van der Waals surface area contributed by atoms with Crippen LogP contribution in [0.15, 0.2) is 6.33 Å². The number of amides is 1. The normalized spacial score (nSPS) is 11.4. The highest BCUT2D eigenvalue weighted by Gasteiger charge is 2.27. The minimum atomic E-state index is -0.163. The Morgan fingerprint density at radius 1 is 1.64 bits per heavy atom. The van der Waals surface area contributed by atoms with Crippen LogP contribution in [0.2, 0.25) is 0 Å². The molecule has 0 aliphatic carbocycles. The van der Waals surface area contributed by atoms with E-state index >= 15 is 0 Å². The Kier molecular flexibility index (Phi) is 2.88. The fourth-order valence-corrected chi connectivity index (χ4v) is 0.979. The van der Waals surface area contributed by atoms with Crippen molar-refractivity contribution in [1.82, 2.24) is 20.1 Å². The van der Waals surface area contributed by atoms with Gasteiger partial charge in [-0.2, -0.15) is 5.10 Å². The van der Waals surface area contributed by atoms with Gasteiger partial charge in [0, 0.05) is 12.6 Å². The molecule has 1 rings (SSSR count). The summed E-state index contributed by atoms with van der Waals surface area (Å²) in [6.45, 7) is 6.08. The van der Waals surface area contributed by atoms with Gasteiger partial charge in [-0.05, 0) is 20.3 Å². The Morgan fingerprint density at radius 3 is 2.71 bits per heavy atom. The molecule has 1 heterocycles. The Labute approximate surface area is 83.5 Å². The van der Waals surface area contributed by atoms with Crippen LogP contribution in [0.1, 0.15) is 37.8 Å². The molecule has 0 atom stereocenters. The van der Waals surface area contributed by atoms with Gasteiger partial charge in [0.05, 0.1) is 0 Å². The van der Waals surface area contributed by atoms with Crippen LogP contribution in [-0.4, -0.2) is 38.6 Å². The average Bonchev–Trinajstić information content (AvgIpc) is 2.68. The second-order valence-electron chi connectivity index (χ2n) is 3.86. The van der Waals surface area contributed by atoms with Crippen molar-refractivity contribution in [1.29, 1.82) is 0 Å². The van der Waals surface area contributed by atoms with Crippen LogP contribution in [0, 0.1) is 0 Å². The molecular formula is C9H16N4O. The van der Waals surface area contributed by atoms with Gasteiger partial charge in [-0.25, -0.2) is 4.98 Å². The standard InChI is InChI=1S/C9H16N4O/c1-5-9(2,3)13(4)8(14)7-10-6-11-12-7/h6H,5H2,1-4H3,(H,10,11,12). The maximum atomic E-state index is 11.8. The molecule has 0 unspecified atom stereocenters. The van der Waals surface area contributed by atoms with E-state index in [4.69, 9.17) is 0 Å². The average molecular weight is 196 g/mol. The summed E-state index contributed by atoms with van der Waals surface area (Å²) in [7, 11) is 1.77. The van der Waals surface area contributed by atoms with Crippen LogP contribution in [-0.2, 0) is 0 Å². The molecule has 0 fully saturated rings. The van der Waals surface area contributed by atoms with Gasteiger partial charge >= 0.3 is 0 Å². The minimum Gasteiger partial charge on any atom is -0.334 e. The highest BCUT2D eigenvalue weighted by molar-refractivity contribution is 5.90. The maximum Gasteiger partial charge on any atom is 0.291 e. The lowest BCUT2D eigenvalue weighted by atomic mass is 10.00. The van der Waals surface area contributed by atoms with Gasteiger partial charge in [0.25, 0.3) is 5.91 Å². The summed E-state index contributed by atoms with van der Waals surface area (Å²) in [4.78, 5) is 17.3. The molecule has 0 saturated heterocycles.